The van der Waals surface area contributed by atoms with Crippen LogP contribution < -0.4 is 10.2 Å². The molecule has 0 amide bonds. The van der Waals surface area contributed by atoms with Gasteiger partial charge in [-0.3, -0.25) is 0 Å². The number of hydrogen-bond donors (Lipinski definition) is 1. The lowest BCUT2D eigenvalue weighted by molar-refractivity contribution is 0.372. The summed E-state index contributed by atoms with van der Waals surface area (Å²) < 4.78 is 0. The second kappa shape index (κ2) is 8.15. The number of nitrogens with zero attached hydrogens (tertiary/aromatic N) is 4. The van der Waals surface area contributed by atoms with Crippen LogP contribution in [0, 0.1) is 6.92 Å². The molecular weight excluding hydrogens is 318 g/mol. The summed E-state index contributed by atoms with van der Waals surface area (Å²) in [5.41, 5.74) is 4.29. The van der Waals surface area contributed by atoms with Crippen molar-refractivity contribution in [2.45, 2.75) is 20.4 Å². The van der Waals surface area contributed by atoms with Gasteiger partial charge in [-0.1, -0.05) is 18.2 Å². The number of thiazole rings is 1. The quantitative estimate of drug-likeness (QED) is 0.685. The Balaban J connectivity index is 1.62. The van der Waals surface area contributed by atoms with Gasteiger partial charge in [0.05, 0.1) is 17.7 Å². The Labute approximate surface area is 148 Å². The summed E-state index contributed by atoms with van der Waals surface area (Å²) in [4.78, 5) is 15.2. The number of piperazine rings is 1. The summed E-state index contributed by atoms with van der Waals surface area (Å²) >= 11 is 1.68. The topological polar surface area (TPSA) is 43.8 Å². The minimum Gasteiger partial charge on any atom is -0.368 e. The largest absolute Gasteiger partial charge is 0.368 e. The van der Waals surface area contributed by atoms with E-state index in [1.54, 1.807) is 11.3 Å². The second-order valence-corrected chi connectivity index (χ2v) is 6.78. The summed E-state index contributed by atoms with van der Waals surface area (Å²) in [5, 5.41) is 3.43. The molecule has 5 nitrogen and oxygen atoms in total. The fourth-order valence-electron chi connectivity index (χ4n) is 2.87. The van der Waals surface area contributed by atoms with Gasteiger partial charge in [-0.2, -0.15) is 0 Å². The normalized spacial score (nSPS) is 15.7. The molecule has 1 aromatic heterocycles. The lowest BCUT2D eigenvalue weighted by Gasteiger charge is -2.37. The van der Waals surface area contributed by atoms with Crippen LogP contribution >= 0.6 is 11.3 Å². The highest BCUT2D eigenvalue weighted by atomic mass is 32.1. The van der Waals surface area contributed by atoms with Crippen LogP contribution in [-0.4, -0.2) is 48.6 Å². The fourth-order valence-corrected chi connectivity index (χ4v) is 3.57. The van der Waals surface area contributed by atoms with E-state index in [0.717, 1.165) is 44.4 Å². The Morgan fingerprint density at radius 1 is 1.21 bits per heavy atom. The van der Waals surface area contributed by atoms with E-state index < -0.39 is 0 Å². The lowest BCUT2D eigenvalue weighted by Crippen LogP contribution is -2.52. The molecule has 6 heteroatoms. The van der Waals surface area contributed by atoms with E-state index >= 15 is 0 Å². The monoisotopic (exact) mass is 343 g/mol. The van der Waals surface area contributed by atoms with Gasteiger partial charge in [-0.05, 0) is 26.0 Å². The third kappa shape index (κ3) is 4.06. The molecule has 2 heterocycles. The zero-order chi connectivity index (χ0) is 16.8. The molecular formula is C18H25N5S. The Morgan fingerprint density at radius 2 is 1.96 bits per heavy atom. The molecule has 1 aromatic carbocycles. The fraction of sp³-hybridized carbons (Fsp3) is 0.444. The highest BCUT2D eigenvalue weighted by Crippen LogP contribution is 2.16. The number of benzene rings is 1. The highest BCUT2D eigenvalue weighted by molar-refractivity contribution is 7.09. The molecule has 0 spiro atoms. The molecule has 3 rings (SSSR count). The van der Waals surface area contributed by atoms with Gasteiger partial charge in [0.2, 0.25) is 0 Å². The van der Waals surface area contributed by atoms with Gasteiger partial charge < -0.3 is 15.1 Å². The number of aryl methyl sites for hydroxylation is 1. The SMILES string of the molecule is CCNC(=NCc1scnc1C)N1CCN(c2ccccc2)CC1. The molecule has 2 aromatic rings. The van der Waals surface area contributed by atoms with Gasteiger partial charge in [-0.25, -0.2) is 9.98 Å². The number of nitrogens with one attached hydrogen (secondary N) is 1. The molecule has 0 bridgehead atoms. The minimum absolute atomic E-state index is 0.706. The molecule has 24 heavy (non-hydrogen) atoms. The van der Waals surface area contributed by atoms with E-state index in [1.807, 2.05) is 12.4 Å². The Kier molecular flexibility index (Phi) is 5.69. The number of guanidine groups is 1. The van der Waals surface area contributed by atoms with Crippen molar-refractivity contribution >= 4 is 23.0 Å². The van der Waals surface area contributed by atoms with E-state index in [4.69, 9.17) is 4.99 Å². The Bertz CT molecular complexity index is 659. The van der Waals surface area contributed by atoms with Crippen molar-refractivity contribution < 1.29 is 0 Å². The van der Waals surface area contributed by atoms with Gasteiger partial charge in [-0.15, -0.1) is 11.3 Å². The maximum Gasteiger partial charge on any atom is 0.194 e. The molecule has 0 saturated carbocycles. The average Bonchev–Trinajstić information content (AvgIpc) is 3.04. The van der Waals surface area contributed by atoms with Crippen LogP contribution in [0.5, 0.6) is 0 Å². The van der Waals surface area contributed by atoms with E-state index in [0.29, 0.717) is 6.54 Å². The first kappa shape index (κ1) is 16.8. The van der Waals surface area contributed by atoms with Gasteiger partial charge in [0.1, 0.15) is 0 Å². The molecule has 128 valence electrons. The Morgan fingerprint density at radius 3 is 2.58 bits per heavy atom. The van der Waals surface area contributed by atoms with Crippen LogP contribution in [0.1, 0.15) is 17.5 Å². The maximum atomic E-state index is 4.82. The van der Waals surface area contributed by atoms with Crippen LogP contribution in [0.2, 0.25) is 0 Å². The number of para-hydroxylation sites is 1. The Hall–Kier alpha value is -2.08. The lowest BCUT2D eigenvalue weighted by atomic mass is 10.2. The number of aliphatic imine (C=N–C) groups is 1. The van der Waals surface area contributed by atoms with Gasteiger partial charge >= 0.3 is 0 Å². The van der Waals surface area contributed by atoms with Crippen LogP contribution in [0.15, 0.2) is 40.8 Å². The van der Waals surface area contributed by atoms with Gasteiger partial charge in [0.15, 0.2) is 5.96 Å². The molecule has 0 radical (unpaired) electrons. The van der Waals surface area contributed by atoms with Crippen molar-refractivity contribution in [3.8, 4) is 0 Å². The van der Waals surface area contributed by atoms with E-state index in [9.17, 15) is 0 Å². The zero-order valence-electron chi connectivity index (χ0n) is 14.4. The predicted octanol–water partition coefficient (Wildman–Crippen LogP) is 2.74. The third-order valence-electron chi connectivity index (χ3n) is 4.25. The summed E-state index contributed by atoms with van der Waals surface area (Å²) in [6, 6.07) is 10.6. The standard InChI is InChI=1S/C18H25N5S/c1-3-19-18(20-13-17-15(2)21-14-24-17)23-11-9-22(10-12-23)16-7-5-4-6-8-16/h4-8,14H,3,9-13H2,1-2H3,(H,19,20). The van der Waals surface area contributed by atoms with Gasteiger partial charge in [0.25, 0.3) is 0 Å². The van der Waals surface area contributed by atoms with E-state index in [2.05, 4.69) is 57.4 Å². The van der Waals surface area contributed by atoms with Crippen molar-refractivity contribution in [2.75, 3.05) is 37.6 Å². The summed E-state index contributed by atoms with van der Waals surface area (Å²) in [6.07, 6.45) is 0. The van der Waals surface area contributed by atoms with E-state index in [-0.39, 0.29) is 0 Å². The smallest absolute Gasteiger partial charge is 0.194 e. The summed E-state index contributed by atoms with van der Waals surface area (Å²) in [7, 11) is 0. The van der Waals surface area contributed by atoms with E-state index in [1.165, 1.54) is 10.6 Å². The first-order valence-corrected chi connectivity index (χ1v) is 9.38. The molecule has 0 atom stereocenters. The predicted molar refractivity (Wildman–Crippen MR) is 102 cm³/mol. The van der Waals surface area contributed by atoms with Gasteiger partial charge in [0, 0.05) is 43.3 Å². The van der Waals surface area contributed by atoms with Crippen molar-refractivity contribution in [3.63, 3.8) is 0 Å². The molecule has 1 saturated heterocycles. The van der Waals surface area contributed by atoms with Crippen LogP contribution in [-0.2, 0) is 6.54 Å². The highest BCUT2D eigenvalue weighted by Gasteiger charge is 2.19. The summed E-state index contributed by atoms with van der Waals surface area (Å²) in [5.74, 6) is 1.01. The van der Waals surface area contributed by atoms with Crippen LogP contribution in [0.4, 0.5) is 5.69 Å². The molecule has 0 aliphatic carbocycles. The second-order valence-electron chi connectivity index (χ2n) is 5.84. The van der Waals surface area contributed by atoms with Crippen molar-refractivity contribution in [2.24, 2.45) is 4.99 Å². The molecule has 1 aliphatic rings. The molecule has 0 unspecified atom stereocenters. The van der Waals surface area contributed by atoms with Crippen molar-refractivity contribution in [1.82, 2.24) is 15.2 Å². The number of anilines is 1. The number of rotatable bonds is 4. The van der Waals surface area contributed by atoms with Crippen LogP contribution in [0.3, 0.4) is 0 Å². The van der Waals surface area contributed by atoms with Crippen molar-refractivity contribution in [3.05, 3.63) is 46.4 Å². The first-order valence-electron chi connectivity index (χ1n) is 8.50. The maximum absolute atomic E-state index is 4.82. The third-order valence-corrected chi connectivity index (χ3v) is 5.17. The first-order chi connectivity index (χ1) is 11.8. The number of aromatic nitrogens is 1. The minimum atomic E-state index is 0.706. The molecule has 1 aliphatic heterocycles. The van der Waals surface area contributed by atoms with Crippen LogP contribution in [0.25, 0.3) is 0 Å². The summed E-state index contributed by atoms with van der Waals surface area (Å²) in [6.45, 7) is 9.78. The zero-order valence-corrected chi connectivity index (χ0v) is 15.2. The average molecular weight is 344 g/mol. The molecule has 1 fully saturated rings. The van der Waals surface area contributed by atoms with Crippen molar-refractivity contribution in [1.29, 1.82) is 0 Å². The number of hydrogen-bond acceptors (Lipinski definition) is 4. The molecule has 1 N–H and O–H groups in total.